The topological polar surface area (TPSA) is 48.1 Å². The van der Waals surface area contributed by atoms with Crippen LogP contribution in [-0.2, 0) is 6.54 Å². The Morgan fingerprint density at radius 1 is 1.57 bits per heavy atom. The van der Waals surface area contributed by atoms with Crippen LogP contribution in [0.3, 0.4) is 0 Å². The summed E-state index contributed by atoms with van der Waals surface area (Å²) in [6, 6.07) is 1.91. The zero-order valence-electron chi connectivity index (χ0n) is 8.34. The number of nitrogens with one attached hydrogen (secondary N) is 2. The second-order valence-corrected chi connectivity index (χ2v) is 3.59. The molecule has 0 saturated heterocycles. The Morgan fingerprint density at radius 3 is 3.14 bits per heavy atom. The van der Waals surface area contributed by atoms with Gasteiger partial charge >= 0.3 is 0 Å². The van der Waals surface area contributed by atoms with E-state index in [0.29, 0.717) is 6.54 Å². The van der Waals surface area contributed by atoms with E-state index in [1.807, 2.05) is 6.07 Å². The van der Waals surface area contributed by atoms with E-state index in [4.69, 9.17) is 0 Å². The summed E-state index contributed by atoms with van der Waals surface area (Å²) in [5.41, 5.74) is 5.05. The van der Waals surface area contributed by atoms with Gasteiger partial charge in [-0.2, -0.15) is 0 Å². The predicted molar refractivity (Wildman–Crippen MR) is 56.0 cm³/mol. The highest BCUT2D eigenvalue weighted by molar-refractivity contribution is 5.51. The fourth-order valence-electron chi connectivity index (χ4n) is 1.66. The van der Waals surface area contributed by atoms with E-state index in [1.54, 1.807) is 6.20 Å². The Bertz CT molecular complexity index is 372. The van der Waals surface area contributed by atoms with Crippen molar-refractivity contribution in [3.63, 3.8) is 0 Å². The fraction of sp³-hybridized carbons (Fsp3) is 0.500. The summed E-state index contributed by atoms with van der Waals surface area (Å²) in [5, 5.41) is 2.09. The van der Waals surface area contributed by atoms with Crippen LogP contribution in [0.25, 0.3) is 0 Å². The van der Waals surface area contributed by atoms with Crippen molar-refractivity contribution < 1.29 is 0 Å². The van der Waals surface area contributed by atoms with Crippen LogP contribution in [0.15, 0.2) is 17.1 Å². The van der Waals surface area contributed by atoms with Gasteiger partial charge in [0.15, 0.2) is 0 Å². The molecule has 0 fully saturated rings. The lowest BCUT2D eigenvalue weighted by molar-refractivity contribution is 0.335. The van der Waals surface area contributed by atoms with Gasteiger partial charge in [0.2, 0.25) is 0 Å². The molecule has 0 radical (unpaired) electrons. The first-order valence-electron chi connectivity index (χ1n) is 5.03. The Morgan fingerprint density at radius 2 is 2.43 bits per heavy atom. The van der Waals surface area contributed by atoms with Gasteiger partial charge < -0.3 is 10.4 Å². The van der Waals surface area contributed by atoms with Gasteiger partial charge in [0.05, 0.1) is 17.8 Å². The van der Waals surface area contributed by atoms with Crippen molar-refractivity contribution in [2.45, 2.75) is 26.3 Å². The second kappa shape index (κ2) is 3.84. The van der Waals surface area contributed by atoms with Crippen molar-refractivity contribution in [3.8, 4) is 0 Å². The van der Waals surface area contributed by atoms with Crippen LogP contribution in [0.1, 0.15) is 25.3 Å². The molecule has 0 atom stereocenters. The molecule has 0 spiro atoms. The Balaban J connectivity index is 2.10. The molecule has 0 aliphatic carbocycles. The first-order valence-corrected chi connectivity index (χ1v) is 5.03. The van der Waals surface area contributed by atoms with Gasteiger partial charge in [0, 0.05) is 12.7 Å². The molecule has 4 heteroatoms. The third kappa shape index (κ3) is 1.65. The molecule has 0 unspecified atom stereocenters. The summed E-state index contributed by atoms with van der Waals surface area (Å²) in [6.45, 7) is 3.87. The molecule has 0 saturated carbocycles. The largest absolute Gasteiger partial charge is 0.329 e. The molecule has 2 heterocycles. The van der Waals surface area contributed by atoms with Gasteiger partial charge in [-0.3, -0.25) is 4.79 Å². The average molecular weight is 193 g/mol. The first kappa shape index (κ1) is 9.27. The number of rotatable bonds is 3. The maximum absolute atomic E-state index is 11.4. The highest BCUT2D eigenvalue weighted by Gasteiger charge is 2.19. The lowest BCUT2D eigenvalue weighted by atomic mass is 10.2. The molecule has 1 aromatic rings. The van der Waals surface area contributed by atoms with Gasteiger partial charge in [-0.15, -0.1) is 0 Å². The van der Waals surface area contributed by atoms with Crippen LogP contribution in [0, 0.1) is 0 Å². The SMILES string of the molecule is CCCCN1Cc2c(cc[nH]c2=O)N1. The van der Waals surface area contributed by atoms with Crippen molar-refractivity contribution >= 4 is 5.69 Å². The van der Waals surface area contributed by atoms with Gasteiger partial charge in [0.1, 0.15) is 0 Å². The summed E-state index contributed by atoms with van der Waals surface area (Å²) in [4.78, 5) is 14.1. The maximum atomic E-state index is 11.4. The standard InChI is InChI=1S/C10H15N3O/c1-2-3-6-13-7-8-9(12-13)4-5-11-10(8)14/h4-5,12H,2-3,6-7H2,1H3,(H,11,14). The number of hydrazine groups is 1. The second-order valence-electron chi connectivity index (χ2n) is 3.59. The molecule has 1 aliphatic rings. The summed E-state index contributed by atoms with van der Waals surface area (Å²) < 4.78 is 0. The monoisotopic (exact) mass is 193 g/mol. The van der Waals surface area contributed by atoms with E-state index in [-0.39, 0.29) is 5.56 Å². The van der Waals surface area contributed by atoms with Crippen LogP contribution in [0.2, 0.25) is 0 Å². The van der Waals surface area contributed by atoms with Crippen LogP contribution >= 0.6 is 0 Å². The fourth-order valence-corrected chi connectivity index (χ4v) is 1.66. The number of pyridine rings is 1. The molecule has 0 amide bonds. The van der Waals surface area contributed by atoms with Crippen molar-refractivity contribution in [1.82, 2.24) is 9.99 Å². The number of aromatic amines is 1. The number of H-pyrrole nitrogens is 1. The van der Waals surface area contributed by atoms with Crippen LogP contribution in [-0.4, -0.2) is 16.5 Å². The smallest absolute Gasteiger partial charge is 0.254 e. The number of unbranched alkanes of at least 4 members (excludes halogenated alkanes) is 1. The Kier molecular flexibility index (Phi) is 2.54. The van der Waals surface area contributed by atoms with Crippen molar-refractivity contribution in [1.29, 1.82) is 0 Å². The Hall–Kier alpha value is -1.29. The molecule has 1 aromatic heterocycles. The van der Waals surface area contributed by atoms with E-state index in [2.05, 4.69) is 22.3 Å². The number of hydrogen-bond acceptors (Lipinski definition) is 3. The summed E-state index contributed by atoms with van der Waals surface area (Å²) in [7, 11) is 0. The highest BCUT2D eigenvalue weighted by atomic mass is 16.1. The summed E-state index contributed by atoms with van der Waals surface area (Å²) in [5.74, 6) is 0. The number of aromatic nitrogens is 1. The minimum Gasteiger partial charge on any atom is -0.329 e. The van der Waals surface area contributed by atoms with Gasteiger partial charge in [0.25, 0.3) is 5.56 Å². The minimum absolute atomic E-state index is 0.0222. The molecule has 2 rings (SSSR count). The van der Waals surface area contributed by atoms with E-state index >= 15 is 0 Å². The number of anilines is 1. The van der Waals surface area contributed by atoms with Crippen LogP contribution in [0.5, 0.6) is 0 Å². The van der Waals surface area contributed by atoms with E-state index in [1.165, 1.54) is 6.42 Å². The summed E-state index contributed by atoms with van der Waals surface area (Å²) >= 11 is 0. The normalized spacial score (nSPS) is 15.2. The van der Waals surface area contributed by atoms with Crippen LogP contribution in [0.4, 0.5) is 5.69 Å². The van der Waals surface area contributed by atoms with Crippen molar-refractivity contribution in [3.05, 3.63) is 28.2 Å². The molecule has 2 N–H and O–H groups in total. The van der Waals surface area contributed by atoms with Gasteiger partial charge in [-0.25, -0.2) is 5.01 Å². The molecule has 76 valence electrons. The zero-order chi connectivity index (χ0) is 9.97. The maximum Gasteiger partial charge on any atom is 0.254 e. The number of hydrogen-bond donors (Lipinski definition) is 2. The lowest BCUT2D eigenvalue weighted by Crippen LogP contribution is -2.25. The van der Waals surface area contributed by atoms with Crippen LogP contribution < -0.4 is 11.0 Å². The average Bonchev–Trinajstić information content (AvgIpc) is 2.59. The van der Waals surface area contributed by atoms with Gasteiger partial charge in [-0.05, 0) is 12.5 Å². The van der Waals surface area contributed by atoms with Crippen molar-refractivity contribution in [2.75, 3.05) is 12.0 Å². The lowest BCUT2D eigenvalue weighted by Gasteiger charge is -2.14. The molecule has 0 bridgehead atoms. The van der Waals surface area contributed by atoms with E-state index in [0.717, 1.165) is 24.2 Å². The Labute approximate surface area is 82.9 Å². The number of fused-ring (bicyclic) bond motifs is 1. The summed E-state index contributed by atoms with van der Waals surface area (Å²) in [6.07, 6.45) is 4.00. The van der Waals surface area contributed by atoms with Gasteiger partial charge in [-0.1, -0.05) is 13.3 Å². The zero-order valence-corrected chi connectivity index (χ0v) is 8.34. The third-order valence-corrected chi connectivity index (χ3v) is 2.47. The molecule has 0 aromatic carbocycles. The molecule has 14 heavy (non-hydrogen) atoms. The molecule has 4 nitrogen and oxygen atoms in total. The third-order valence-electron chi connectivity index (χ3n) is 2.47. The van der Waals surface area contributed by atoms with Crippen molar-refractivity contribution in [2.24, 2.45) is 0 Å². The van der Waals surface area contributed by atoms with E-state index < -0.39 is 0 Å². The number of nitrogens with zero attached hydrogens (tertiary/aromatic N) is 1. The van der Waals surface area contributed by atoms with E-state index in [9.17, 15) is 4.79 Å². The first-order chi connectivity index (χ1) is 6.81. The predicted octanol–water partition coefficient (Wildman–Crippen LogP) is 1.32. The molecular formula is C10H15N3O. The molecular weight excluding hydrogens is 178 g/mol. The quantitative estimate of drug-likeness (QED) is 0.761. The minimum atomic E-state index is 0.0222. The highest BCUT2D eigenvalue weighted by Crippen LogP contribution is 2.20. The molecule has 1 aliphatic heterocycles.